The maximum Gasteiger partial charge on any atom is 0.292 e. The van der Waals surface area contributed by atoms with E-state index in [2.05, 4.69) is 11.2 Å². The minimum Gasteiger partial charge on any atom is -0.366 e. The molecule has 0 aliphatic heterocycles. The molecule has 1 N–H and O–H groups in total. The van der Waals surface area contributed by atoms with Crippen LogP contribution in [-0.2, 0) is 0 Å². The van der Waals surface area contributed by atoms with Gasteiger partial charge in [-0.1, -0.05) is 17.5 Å². The number of halogens is 1. The summed E-state index contributed by atoms with van der Waals surface area (Å²) in [6, 6.07) is 3.99. The number of benzene rings is 1. The molecule has 0 fully saturated rings. The highest BCUT2D eigenvalue weighted by atomic mass is 35.5. The fourth-order valence-electron chi connectivity index (χ4n) is 1.06. The summed E-state index contributed by atoms with van der Waals surface area (Å²) in [5.74, 6) is 2.42. The van der Waals surface area contributed by atoms with Gasteiger partial charge in [0, 0.05) is 11.1 Å². The van der Waals surface area contributed by atoms with E-state index in [-0.39, 0.29) is 11.7 Å². The standard InChI is InChI=1S/C10H9ClN2O2/c1-3-7(2)12-9-6-8(11)4-5-10(9)13(14)15/h1,4-7,12H,2H3. The molecule has 0 bridgehead atoms. The molecule has 1 atom stereocenters. The number of nitro benzene ring substituents is 1. The van der Waals surface area contributed by atoms with Crippen molar-refractivity contribution in [1.82, 2.24) is 0 Å². The maximum absolute atomic E-state index is 10.7. The molecule has 0 saturated heterocycles. The number of terminal acetylenes is 1. The van der Waals surface area contributed by atoms with Crippen molar-refractivity contribution in [1.29, 1.82) is 0 Å². The number of anilines is 1. The number of nitrogens with zero attached hydrogens (tertiary/aromatic N) is 1. The van der Waals surface area contributed by atoms with Gasteiger partial charge in [-0.05, 0) is 19.1 Å². The van der Waals surface area contributed by atoms with Gasteiger partial charge in [0.1, 0.15) is 5.69 Å². The quantitative estimate of drug-likeness (QED) is 0.488. The van der Waals surface area contributed by atoms with Gasteiger partial charge in [-0.25, -0.2) is 0 Å². The molecule has 4 nitrogen and oxygen atoms in total. The fourth-order valence-corrected chi connectivity index (χ4v) is 1.23. The van der Waals surface area contributed by atoms with Crippen LogP contribution in [0.15, 0.2) is 18.2 Å². The van der Waals surface area contributed by atoms with Gasteiger partial charge in [0.2, 0.25) is 0 Å². The van der Waals surface area contributed by atoms with E-state index in [1.54, 1.807) is 6.92 Å². The predicted octanol–water partition coefficient (Wildman–Crippen LogP) is 2.68. The zero-order valence-electron chi connectivity index (χ0n) is 8.03. The van der Waals surface area contributed by atoms with Crippen LogP contribution in [0.4, 0.5) is 11.4 Å². The maximum atomic E-state index is 10.7. The Kier molecular flexibility index (Phi) is 3.53. The van der Waals surface area contributed by atoms with E-state index in [4.69, 9.17) is 18.0 Å². The zero-order valence-corrected chi connectivity index (χ0v) is 8.78. The molecule has 1 aromatic rings. The van der Waals surface area contributed by atoms with Crippen LogP contribution < -0.4 is 5.32 Å². The smallest absolute Gasteiger partial charge is 0.292 e. The third-order valence-corrected chi connectivity index (χ3v) is 2.01. The van der Waals surface area contributed by atoms with Crippen LogP contribution in [0.3, 0.4) is 0 Å². The second-order valence-corrected chi connectivity index (χ2v) is 3.39. The van der Waals surface area contributed by atoms with Crippen molar-refractivity contribution < 1.29 is 4.92 Å². The molecule has 0 spiro atoms. The van der Waals surface area contributed by atoms with Crippen molar-refractivity contribution in [3.63, 3.8) is 0 Å². The second-order valence-electron chi connectivity index (χ2n) is 2.95. The van der Waals surface area contributed by atoms with Crippen LogP contribution in [0.5, 0.6) is 0 Å². The Bertz CT molecular complexity index is 426. The minimum absolute atomic E-state index is 0.0403. The molecule has 1 aromatic carbocycles. The molecule has 78 valence electrons. The Morgan fingerprint density at radius 3 is 2.87 bits per heavy atom. The molecule has 1 unspecified atom stereocenters. The number of nitro groups is 1. The van der Waals surface area contributed by atoms with Gasteiger partial charge in [-0.15, -0.1) is 6.42 Å². The lowest BCUT2D eigenvalue weighted by molar-refractivity contribution is -0.384. The molecule has 0 aromatic heterocycles. The summed E-state index contributed by atoms with van der Waals surface area (Å²) in [5, 5.41) is 13.9. The van der Waals surface area contributed by atoms with Crippen LogP contribution in [0.1, 0.15) is 6.92 Å². The first-order valence-corrected chi connectivity index (χ1v) is 4.59. The summed E-state index contributed by atoms with van der Waals surface area (Å²) in [6.07, 6.45) is 5.17. The molecule has 0 aliphatic rings. The van der Waals surface area contributed by atoms with E-state index < -0.39 is 4.92 Å². The lowest BCUT2D eigenvalue weighted by atomic mass is 10.2. The molecule has 0 heterocycles. The Balaban J connectivity index is 3.08. The Morgan fingerprint density at radius 2 is 2.33 bits per heavy atom. The highest BCUT2D eigenvalue weighted by molar-refractivity contribution is 6.31. The van der Waals surface area contributed by atoms with Gasteiger partial charge in [-0.3, -0.25) is 10.1 Å². The molecule has 5 heteroatoms. The van der Waals surface area contributed by atoms with Crippen molar-refractivity contribution >= 4 is 23.0 Å². The summed E-state index contributed by atoms with van der Waals surface area (Å²) in [6.45, 7) is 1.73. The Morgan fingerprint density at radius 1 is 1.67 bits per heavy atom. The van der Waals surface area contributed by atoms with Crippen LogP contribution in [0.25, 0.3) is 0 Å². The lowest BCUT2D eigenvalue weighted by Gasteiger charge is -2.09. The molecular weight excluding hydrogens is 216 g/mol. The lowest BCUT2D eigenvalue weighted by Crippen LogP contribution is -2.13. The van der Waals surface area contributed by atoms with E-state index in [0.717, 1.165) is 0 Å². The number of nitrogens with one attached hydrogen (secondary N) is 1. The molecule has 0 aliphatic carbocycles. The molecule has 0 saturated carbocycles. The SMILES string of the molecule is C#CC(C)Nc1cc(Cl)ccc1[N+](=O)[O-]. The van der Waals surface area contributed by atoms with Crippen molar-refractivity contribution in [2.75, 3.05) is 5.32 Å². The van der Waals surface area contributed by atoms with E-state index in [9.17, 15) is 10.1 Å². The van der Waals surface area contributed by atoms with Gasteiger partial charge in [0.15, 0.2) is 0 Å². The van der Waals surface area contributed by atoms with Crippen molar-refractivity contribution in [3.05, 3.63) is 33.3 Å². The normalized spacial score (nSPS) is 11.5. The second kappa shape index (κ2) is 4.67. The number of hydrogen-bond acceptors (Lipinski definition) is 3. The molecular formula is C10H9ClN2O2. The largest absolute Gasteiger partial charge is 0.366 e. The molecule has 1 rings (SSSR count). The summed E-state index contributed by atoms with van der Waals surface area (Å²) >= 11 is 5.73. The Hall–Kier alpha value is -1.73. The molecule has 0 amide bonds. The van der Waals surface area contributed by atoms with Gasteiger partial charge in [0.05, 0.1) is 11.0 Å². The summed E-state index contributed by atoms with van der Waals surface area (Å²) in [5.41, 5.74) is 0.291. The molecule has 15 heavy (non-hydrogen) atoms. The highest BCUT2D eigenvalue weighted by Crippen LogP contribution is 2.27. The van der Waals surface area contributed by atoms with Crippen molar-refractivity contribution in [2.45, 2.75) is 13.0 Å². The van der Waals surface area contributed by atoms with E-state index in [0.29, 0.717) is 10.7 Å². The number of rotatable bonds is 3. The van der Waals surface area contributed by atoms with Gasteiger partial charge >= 0.3 is 0 Å². The molecule has 0 radical (unpaired) electrons. The number of hydrogen-bond donors (Lipinski definition) is 1. The first-order valence-electron chi connectivity index (χ1n) is 4.21. The summed E-state index contributed by atoms with van der Waals surface area (Å²) < 4.78 is 0. The predicted molar refractivity (Wildman–Crippen MR) is 60.0 cm³/mol. The van der Waals surface area contributed by atoms with Gasteiger partial charge < -0.3 is 5.32 Å². The van der Waals surface area contributed by atoms with Crippen LogP contribution in [0, 0.1) is 22.5 Å². The Labute approximate surface area is 92.4 Å². The topological polar surface area (TPSA) is 55.2 Å². The highest BCUT2D eigenvalue weighted by Gasteiger charge is 2.14. The third kappa shape index (κ3) is 2.86. The van der Waals surface area contributed by atoms with Gasteiger partial charge in [-0.2, -0.15) is 0 Å². The summed E-state index contributed by atoms with van der Waals surface area (Å²) in [4.78, 5) is 10.2. The first kappa shape index (κ1) is 11.3. The summed E-state index contributed by atoms with van der Waals surface area (Å²) in [7, 11) is 0. The van der Waals surface area contributed by atoms with E-state index >= 15 is 0 Å². The van der Waals surface area contributed by atoms with Crippen LogP contribution >= 0.6 is 11.6 Å². The van der Waals surface area contributed by atoms with Gasteiger partial charge in [0.25, 0.3) is 5.69 Å². The average Bonchev–Trinajstić information content (AvgIpc) is 2.17. The van der Waals surface area contributed by atoms with Crippen molar-refractivity contribution in [2.24, 2.45) is 0 Å². The third-order valence-electron chi connectivity index (χ3n) is 1.78. The van der Waals surface area contributed by atoms with Crippen LogP contribution in [-0.4, -0.2) is 11.0 Å². The van der Waals surface area contributed by atoms with E-state index in [1.165, 1.54) is 18.2 Å². The fraction of sp³-hybridized carbons (Fsp3) is 0.200. The van der Waals surface area contributed by atoms with E-state index in [1.807, 2.05) is 0 Å². The zero-order chi connectivity index (χ0) is 11.4. The monoisotopic (exact) mass is 224 g/mol. The average molecular weight is 225 g/mol. The van der Waals surface area contributed by atoms with Crippen molar-refractivity contribution in [3.8, 4) is 12.3 Å². The van der Waals surface area contributed by atoms with Crippen LogP contribution in [0.2, 0.25) is 5.02 Å². The first-order chi connectivity index (χ1) is 7.04. The minimum atomic E-state index is -0.484.